The van der Waals surface area contributed by atoms with Gasteiger partial charge in [0.25, 0.3) is 0 Å². The molecule has 2 saturated heterocycles. The highest BCUT2D eigenvalue weighted by molar-refractivity contribution is 8.03. The zero-order chi connectivity index (χ0) is 20.7. The Morgan fingerprint density at radius 3 is 2.79 bits per heavy atom. The van der Waals surface area contributed by atoms with Crippen molar-refractivity contribution in [2.75, 3.05) is 12.3 Å². The zero-order valence-corrected chi connectivity index (χ0v) is 17.9. The van der Waals surface area contributed by atoms with Crippen LogP contribution in [0.25, 0.3) is 0 Å². The van der Waals surface area contributed by atoms with E-state index in [-0.39, 0.29) is 28.8 Å². The van der Waals surface area contributed by atoms with Gasteiger partial charge in [0.05, 0.1) is 18.1 Å². The van der Waals surface area contributed by atoms with E-state index in [0.29, 0.717) is 6.04 Å². The lowest BCUT2D eigenvalue weighted by Gasteiger charge is -2.46. The number of hydrogen-bond donors (Lipinski definition) is 3. The van der Waals surface area contributed by atoms with Crippen molar-refractivity contribution < 1.29 is 19.8 Å². The van der Waals surface area contributed by atoms with E-state index in [4.69, 9.17) is 0 Å². The first-order chi connectivity index (χ1) is 13.9. The molecule has 7 nitrogen and oxygen atoms in total. The first kappa shape index (κ1) is 20.7. The number of amides is 1. The standard InChI is InChI=1S/C20H25N3O4S2/c1-10-16-15(11(2)24)19(25)23(16)17(20(26)27)18(10)29-14-7-12(22-8-14)9-28-13-3-5-21-6-4-13/h3-6,10-12,14-16,22,24H,7-9H2,1-2H3,(H,26,27)/t10-,11-,12+,14+,15-,16-/m1/s1. The van der Waals surface area contributed by atoms with Crippen molar-refractivity contribution in [2.45, 2.75) is 48.6 Å². The molecule has 9 heteroatoms. The predicted molar refractivity (Wildman–Crippen MR) is 112 cm³/mol. The molecule has 1 aromatic rings. The minimum atomic E-state index is -1.06. The summed E-state index contributed by atoms with van der Waals surface area (Å²) in [6.07, 6.45) is 3.75. The van der Waals surface area contributed by atoms with Gasteiger partial charge >= 0.3 is 5.97 Å². The smallest absolute Gasteiger partial charge is 0.353 e. The quantitative estimate of drug-likeness (QED) is 0.440. The minimum absolute atomic E-state index is 0.0753. The summed E-state index contributed by atoms with van der Waals surface area (Å²) in [6.45, 7) is 4.38. The van der Waals surface area contributed by atoms with Crippen molar-refractivity contribution in [3.8, 4) is 0 Å². The number of hydrogen-bond acceptors (Lipinski definition) is 7. The fourth-order valence-corrected chi connectivity index (χ4v) is 6.97. The third-order valence-corrected chi connectivity index (χ3v) is 8.57. The monoisotopic (exact) mass is 435 g/mol. The molecular weight excluding hydrogens is 410 g/mol. The number of rotatable bonds is 7. The predicted octanol–water partition coefficient (Wildman–Crippen LogP) is 1.79. The number of thioether (sulfide) groups is 2. The highest BCUT2D eigenvalue weighted by Gasteiger charge is 2.60. The second kappa shape index (κ2) is 8.29. The first-order valence-corrected chi connectivity index (χ1v) is 11.7. The van der Waals surface area contributed by atoms with Crippen LogP contribution in [0.2, 0.25) is 0 Å². The molecule has 3 N–H and O–H groups in total. The number of β-lactam (4-membered cyclic amide) rings is 1. The number of carboxylic acids is 1. The zero-order valence-electron chi connectivity index (χ0n) is 16.3. The van der Waals surface area contributed by atoms with Gasteiger partial charge in [-0.25, -0.2) is 4.79 Å². The number of nitrogens with one attached hydrogen (secondary N) is 1. The van der Waals surface area contributed by atoms with Gasteiger partial charge < -0.3 is 20.4 Å². The summed E-state index contributed by atoms with van der Waals surface area (Å²) in [6, 6.07) is 4.11. The lowest BCUT2D eigenvalue weighted by molar-refractivity contribution is -0.163. The van der Waals surface area contributed by atoms with E-state index in [2.05, 4.69) is 10.3 Å². The van der Waals surface area contributed by atoms with Crippen LogP contribution in [-0.4, -0.2) is 67.7 Å². The van der Waals surface area contributed by atoms with E-state index >= 15 is 0 Å². The van der Waals surface area contributed by atoms with E-state index in [0.717, 1.165) is 23.6 Å². The molecule has 3 aliphatic rings. The number of pyridine rings is 1. The number of aromatic nitrogens is 1. The Balaban J connectivity index is 1.41. The maximum atomic E-state index is 12.4. The van der Waals surface area contributed by atoms with Crippen LogP contribution in [0.15, 0.2) is 40.0 Å². The molecular formula is C20H25N3O4S2. The molecule has 156 valence electrons. The molecule has 0 spiro atoms. The van der Waals surface area contributed by atoms with Crippen LogP contribution in [0.5, 0.6) is 0 Å². The van der Waals surface area contributed by atoms with Crippen LogP contribution in [-0.2, 0) is 9.59 Å². The molecule has 2 fully saturated rings. The van der Waals surface area contributed by atoms with Crippen LogP contribution in [0.3, 0.4) is 0 Å². The minimum Gasteiger partial charge on any atom is -0.477 e. The Kier molecular flexibility index (Phi) is 5.92. The van der Waals surface area contributed by atoms with Crippen molar-refractivity contribution in [3.05, 3.63) is 35.1 Å². The molecule has 3 aliphatic heterocycles. The Morgan fingerprint density at radius 1 is 1.41 bits per heavy atom. The van der Waals surface area contributed by atoms with Crippen LogP contribution in [0.1, 0.15) is 20.3 Å². The summed E-state index contributed by atoms with van der Waals surface area (Å²) in [5.41, 5.74) is 0.115. The number of fused-ring (bicyclic) bond motifs is 1. The van der Waals surface area contributed by atoms with E-state index in [1.165, 1.54) is 9.80 Å². The van der Waals surface area contributed by atoms with Crippen LogP contribution in [0, 0.1) is 11.8 Å². The lowest BCUT2D eigenvalue weighted by Crippen LogP contribution is -2.63. The second-order valence-electron chi connectivity index (χ2n) is 7.85. The summed E-state index contributed by atoms with van der Waals surface area (Å²) < 4.78 is 0. The fourth-order valence-electron chi connectivity index (χ4n) is 4.49. The van der Waals surface area contributed by atoms with Crippen molar-refractivity contribution >= 4 is 35.4 Å². The Labute approximate surface area is 178 Å². The van der Waals surface area contributed by atoms with Gasteiger partial charge in [-0.15, -0.1) is 23.5 Å². The highest BCUT2D eigenvalue weighted by Crippen LogP contribution is 2.51. The maximum absolute atomic E-state index is 12.4. The topological polar surface area (TPSA) is 103 Å². The van der Waals surface area contributed by atoms with Crippen molar-refractivity contribution in [3.63, 3.8) is 0 Å². The summed E-state index contributed by atoms with van der Waals surface area (Å²) in [5, 5.41) is 23.5. The molecule has 0 saturated carbocycles. The lowest BCUT2D eigenvalue weighted by atomic mass is 9.79. The summed E-state index contributed by atoms with van der Waals surface area (Å²) in [7, 11) is 0. The average molecular weight is 436 g/mol. The number of carboxylic acid groups (broad SMARTS) is 1. The summed E-state index contributed by atoms with van der Waals surface area (Å²) in [4.78, 5) is 31.7. The molecule has 4 rings (SSSR count). The van der Waals surface area contributed by atoms with Crippen LogP contribution < -0.4 is 5.32 Å². The van der Waals surface area contributed by atoms with Gasteiger partial charge in [0.15, 0.2) is 0 Å². The van der Waals surface area contributed by atoms with Gasteiger partial charge in [0.1, 0.15) is 5.70 Å². The van der Waals surface area contributed by atoms with E-state index in [1.54, 1.807) is 42.8 Å². The van der Waals surface area contributed by atoms with Crippen LogP contribution in [0.4, 0.5) is 0 Å². The number of nitrogens with zero attached hydrogens (tertiary/aromatic N) is 2. The first-order valence-electron chi connectivity index (χ1n) is 9.80. The van der Waals surface area contributed by atoms with E-state index in [9.17, 15) is 19.8 Å². The summed E-state index contributed by atoms with van der Waals surface area (Å²) in [5.74, 6) is -0.980. The largest absolute Gasteiger partial charge is 0.477 e. The van der Waals surface area contributed by atoms with E-state index < -0.39 is 18.0 Å². The van der Waals surface area contributed by atoms with Gasteiger partial charge in [-0.2, -0.15) is 0 Å². The third kappa shape index (κ3) is 3.81. The molecule has 6 atom stereocenters. The van der Waals surface area contributed by atoms with Crippen molar-refractivity contribution in [2.24, 2.45) is 11.8 Å². The van der Waals surface area contributed by atoms with Gasteiger partial charge in [0, 0.05) is 51.7 Å². The molecule has 0 aliphatic carbocycles. The number of carbonyl (C=O) groups is 2. The number of aliphatic hydroxyl groups is 1. The summed E-state index contributed by atoms with van der Waals surface area (Å²) >= 11 is 3.37. The normalized spacial score (nSPS) is 32.3. The average Bonchev–Trinajstić information content (AvgIpc) is 3.22. The van der Waals surface area contributed by atoms with Gasteiger partial charge in [0.2, 0.25) is 5.91 Å². The molecule has 0 unspecified atom stereocenters. The Morgan fingerprint density at radius 2 is 2.14 bits per heavy atom. The third-order valence-electron chi connectivity index (χ3n) is 5.89. The number of aliphatic carboxylic acids is 1. The highest BCUT2D eigenvalue weighted by atomic mass is 32.2. The Hall–Kier alpha value is -1.55. The maximum Gasteiger partial charge on any atom is 0.353 e. The van der Waals surface area contributed by atoms with Gasteiger partial charge in [-0.1, -0.05) is 6.92 Å². The molecule has 1 amide bonds. The molecule has 0 bridgehead atoms. The molecule has 4 heterocycles. The molecule has 29 heavy (non-hydrogen) atoms. The fraction of sp³-hybridized carbons (Fsp3) is 0.550. The van der Waals surface area contributed by atoms with Crippen molar-refractivity contribution in [1.29, 1.82) is 0 Å². The van der Waals surface area contributed by atoms with Gasteiger partial charge in [-0.3, -0.25) is 9.78 Å². The Bertz CT molecular complexity index is 832. The van der Waals surface area contributed by atoms with Gasteiger partial charge in [-0.05, 0) is 25.5 Å². The second-order valence-corrected chi connectivity index (χ2v) is 10.3. The van der Waals surface area contributed by atoms with Crippen molar-refractivity contribution in [1.82, 2.24) is 15.2 Å². The van der Waals surface area contributed by atoms with Crippen LogP contribution >= 0.6 is 23.5 Å². The van der Waals surface area contributed by atoms with E-state index in [1.807, 2.05) is 19.1 Å². The molecule has 0 radical (unpaired) electrons. The molecule has 0 aromatic carbocycles. The number of carbonyl (C=O) groups excluding carboxylic acids is 1. The SMILES string of the molecule is C[C@@H](O)[C@H]1C(=O)N2C(C(=O)O)=C(S[C@@H]3CN[C@H](CSc4ccncc4)C3)[C@H](C)[C@H]12. The molecule has 1 aromatic heterocycles. The number of aliphatic hydroxyl groups excluding tert-OH is 1.